The van der Waals surface area contributed by atoms with Gasteiger partial charge in [0.1, 0.15) is 5.60 Å². The number of ether oxygens (including phenoxy) is 1. The second kappa shape index (κ2) is 7.57. The van der Waals surface area contributed by atoms with Crippen LogP contribution in [0, 0.1) is 17.8 Å². The highest BCUT2D eigenvalue weighted by Gasteiger charge is 2.39. The second-order valence-electron chi connectivity index (χ2n) is 5.61. The number of rotatable bonds is 4. The van der Waals surface area contributed by atoms with Crippen LogP contribution in [0.2, 0.25) is 0 Å². The van der Waals surface area contributed by atoms with E-state index < -0.39 is 5.60 Å². The van der Waals surface area contributed by atoms with Crippen LogP contribution in [-0.4, -0.2) is 41.8 Å². The molecule has 1 aliphatic heterocycles. The predicted molar refractivity (Wildman–Crippen MR) is 78.6 cm³/mol. The van der Waals surface area contributed by atoms with Crippen molar-refractivity contribution >= 4 is 0 Å². The van der Waals surface area contributed by atoms with Crippen LogP contribution in [0.25, 0.3) is 0 Å². The van der Waals surface area contributed by atoms with Crippen molar-refractivity contribution in [3.63, 3.8) is 0 Å². The van der Waals surface area contributed by atoms with Crippen molar-refractivity contribution in [2.45, 2.75) is 51.7 Å². The summed E-state index contributed by atoms with van der Waals surface area (Å²) < 4.78 is 5.29. The van der Waals surface area contributed by atoms with E-state index in [0.29, 0.717) is 12.5 Å². The molecule has 0 saturated carbocycles. The van der Waals surface area contributed by atoms with E-state index in [1.165, 1.54) is 0 Å². The van der Waals surface area contributed by atoms with Crippen LogP contribution in [-0.2, 0) is 4.74 Å². The first kappa shape index (κ1) is 16.1. The summed E-state index contributed by atoms with van der Waals surface area (Å²) in [5.74, 6) is 6.08. The number of hydrogen-bond acceptors (Lipinski definition) is 3. The first-order valence-corrected chi connectivity index (χ1v) is 7.21. The number of unbranched alkanes of at least 4 members (excludes halogenated alkanes) is 1. The average molecular weight is 265 g/mol. The van der Waals surface area contributed by atoms with E-state index in [4.69, 9.17) is 4.74 Å². The summed E-state index contributed by atoms with van der Waals surface area (Å²) >= 11 is 0. The van der Waals surface area contributed by atoms with Crippen molar-refractivity contribution in [3.05, 3.63) is 12.3 Å². The monoisotopic (exact) mass is 265 g/mol. The van der Waals surface area contributed by atoms with Gasteiger partial charge in [-0.05, 0) is 20.4 Å². The molecule has 0 aliphatic carbocycles. The van der Waals surface area contributed by atoms with Crippen molar-refractivity contribution < 1.29 is 9.84 Å². The summed E-state index contributed by atoms with van der Waals surface area (Å²) in [7, 11) is 2.09. The standard InChI is InChI=1S/C16H27NO2/c1-5-6-10-19-11-8-7-9-16(18)12-15(3)17(4)13-14(16)2/h8,11,14-15,18H,5-6,10,12-13H2,1-4H3/b11-8+/t14-,15+,16+/m0/s1. The summed E-state index contributed by atoms with van der Waals surface area (Å²) in [4.78, 5) is 2.27. The minimum atomic E-state index is -0.875. The van der Waals surface area contributed by atoms with Crippen LogP contribution in [0.15, 0.2) is 12.3 Å². The van der Waals surface area contributed by atoms with Crippen molar-refractivity contribution in [2.75, 3.05) is 20.2 Å². The third-order valence-corrected chi connectivity index (χ3v) is 3.89. The van der Waals surface area contributed by atoms with Gasteiger partial charge in [-0.25, -0.2) is 0 Å². The Morgan fingerprint density at radius 2 is 2.21 bits per heavy atom. The molecule has 1 N–H and O–H groups in total. The van der Waals surface area contributed by atoms with Gasteiger partial charge in [-0.15, -0.1) is 0 Å². The summed E-state index contributed by atoms with van der Waals surface area (Å²) in [6, 6.07) is 0.361. The number of aliphatic hydroxyl groups is 1. The number of likely N-dealkylation sites (tertiary alicyclic amines) is 1. The third-order valence-electron chi connectivity index (χ3n) is 3.89. The predicted octanol–water partition coefficient (Wildman–Crippen LogP) is 2.41. The van der Waals surface area contributed by atoms with Crippen LogP contribution in [0.4, 0.5) is 0 Å². The minimum absolute atomic E-state index is 0.163. The molecule has 0 amide bonds. The largest absolute Gasteiger partial charge is 0.501 e. The zero-order valence-corrected chi connectivity index (χ0v) is 12.6. The molecule has 1 heterocycles. The third kappa shape index (κ3) is 4.89. The molecular formula is C16H27NO2. The SMILES string of the molecule is CCCCO/C=C/C#C[C@@]1(O)C[C@@H](C)N(C)C[C@@H]1C. The van der Waals surface area contributed by atoms with E-state index in [1.54, 1.807) is 12.3 Å². The maximum absolute atomic E-state index is 10.6. The molecule has 3 nitrogen and oxygen atoms in total. The number of piperidine rings is 1. The smallest absolute Gasteiger partial charge is 0.131 e. The maximum atomic E-state index is 10.6. The Kier molecular flexibility index (Phi) is 6.41. The molecule has 0 bridgehead atoms. The summed E-state index contributed by atoms with van der Waals surface area (Å²) in [6.45, 7) is 7.92. The van der Waals surface area contributed by atoms with Gasteiger partial charge in [0.15, 0.2) is 0 Å². The van der Waals surface area contributed by atoms with Gasteiger partial charge in [-0.3, -0.25) is 0 Å². The lowest BCUT2D eigenvalue weighted by molar-refractivity contribution is -0.0346. The van der Waals surface area contributed by atoms with E-state index in [0.717, 1.165) is 26.0 Å². The van der Waals surface area contributed by atoms with Gasteiger partial charge in [0.25, 0.3) is 0 Å². The maximum Gasteiger partial charge on any atom is 0.131 e. The summed E-state index contributed by atoms with van der Waals surface area (Å²) in [5.41, 5.74) is -0.875. The molecule has 3 heteroatoms. The molecule has 0 aromatic heterocycles. The van der Waals surface area contributed by atoms with E-state index >= 15 is 0 Å². The molecule has 1 fully saturated rings. The average Bonchev–Trinajstić information content (AvgIpc) is 2.36. The van der Waals surface area contributed by atoms with Crippen LogP contribution in [0.1, 0.15) is 40.0 Å². The Morgan fingerprint density at radius 1 is 1.47 bits per heavy atom. The second-order valence-corrected chi connectivity index (χ2v) is 5.61. The molecule has 1 aliphatic rings. The lowest BCUT2D eigenvalue weighted by atomic mass is 9.79. The van der Waals surface area contributed by atoms with Crippen molar-refractivity contribution in [1.29, 1.82) is 0 Å². The Bertz CT molecular complexity index is 355. The van der Waals surface area contributed by atoms with Gasteiger partial charge >= 0.3 is 0 Å². The van der Waals surface area contributed by atoms with Crippen LogP contribution < -0.4 is 0 Å². The van der Waals surface area contributed by atoms with Crippen molar-refractivity contribution in [3.8, 4) is 11.8 Å². The molecule has 108 valence electrons. The highest BCUT2D eigenvalue weighted by molar-refractivity contribution is 5.24. The van der Waals surface area contributed by atoms with Gasteiger partial charge in [0, 0.05) is 31.0 Å². The van der Waals surface area contributed by atoms with Crippen LogP contribution >= 0.6 is 0 Å². The van der Waals surface area contributed by atoms with Gasteiger partial charge in [-0.1, -0.05) is 32.1 Å². The number of nitrogens with zero attached hydrogens (tertiary/aromatic N) is 1. The lowest BCUT2D eigenvalue weighted by Crippen LogP contribution is -2.52. The Balaban J connectivity index is 2.50. The van der Waals surface area contributed by atoms with Gasteiger partial charge in [0.2, 0.25) is 0 Å². The topological polar surface area (TPSA) is 32.7 Å². The fourth-order valence-electron chi connectivity index (χ4n) is 2.29. The van der Waals surface area contributed by atoms with E-state index in [-0.39, 0.29) is 5.92 Å². The summed E-state index contributed by atoms with van der Waals surface area (Å²) in [5, 5.41) is 10.6. The zero-order chi connectivity index (χ0) is 14.3. The van der Waals surface area contributed by atoms with Gasteiger partial charge < -0.3 is 14.7 Å². The van der Waals surface area contributed by atoms with Crippen LogP contribution in [0.5, 0.6) is 0 Å². The van der Waals surface area contributed by atoms with Gasteiger partial charge in [0.05, 0.1) is 12.9 Å². The highest BCUT2D eigenvalue weighted by Crippen LogP contribution is 2.30. The molecule has 1 saturated heterocycles. The molecule has 0 aromatic rings. The molecule has 0 spiro atoms. The first-order chi connectivity index (χ1) is 8.99. The Labute approximate surface area is 117 Å². The number of hydrogen-bond donors (Lipinski definition) is 1. The molecular weight excluding hydrogens is 238 g/mol. The molecule has 0 unspecified atom stereocenters. The molecule has 1 rings (SSSR count). The summed E-state index contributed by atoms with van der Waals surface area (Å²) in [6.07, 6.45) is 6.19. The quantitative estimate of drug-likeness (QED) is 0.481. The lowest BCUT2D eigenvalue weighted by Gasteiger charge is -2.42. The van der Waals surface area contributed by atoms with Crippen molar-refractivity contribution in [2.24, 2.45) is 5.92 Å². The molecule has 3 atom stereocenters. The van der Waals surface area contributed by atoms with E-state index in [1.807, 2.05) is 0 Å². The van der Waals surface area contributed by atoms with Gasteiger partial charge in [-0.2, -0.15) is 0 Å². The molecule has 19 heavy (non-hydrogen) atoms. The normalized spacial score (nSPS) is 32.1. The molecule has 0 aromatic carbocycles. The van der Waals surface area contributed by atoms with E-state index in [9.17, 15) is 5.11 Å². The molecule has 0 radical (unpaired) electrons. The minimum Gasteiger partial charge on any atom is -0.501 e. The number of allylic oxidation sites excluding steroid dienone is 1. The highest BCUT2D eigenvalue weighted by atomic mass is 16.5. The first-order valence-electron chi connectivity index (χ1n) is 7.21. The zero-order valence-electron chi connectivity index (χ0n) is 12.6. The fourth-order valence-corrected chi connectivity index (χ4v) is 2.29. The van der Waals surface area contributed by atoms with Crippen LogP contribution in [0.3, 0.4) is 0 Å². The fraction of sp³-hybridized carbons (Fsp3) is 0.750. The van der Waals surface area contributed by atoms with E-state index in [2.05, 4.69) is 44.6 Å². The Morgan fingerprint density at radius 3 is 2.89 bits per heavy atom. The Hall–Kier alpha value is -0.980. The van der Waals surface area contributed by atoms with Crippen molar-refractivity contribution in [1.82, 2.24) is 4.90 Å².